The highest BCUT2D eigenvalue weighted by Crippen LogP contribution is 2.38. The number of hydrogen-bond donors (Lipinski definition) is 1. The van der Waals surface area contributed by atoms with Gasteiger partial charge < -0.3 is 5.32 Å². The highest BCUT2D eigenvalue weighted by molar-refractivity contribution is 4.93. The first-order valence-electron chi connectivity index (χ1n) is 6.04. The second kappa shape index (κ2) is 4.22. The Balaban J connectivity index is 2.38. The highest BCUT2D eigenvalue weighted by atomic mass is 15.0. The smallest absolute Gasteiger partial charge is 0.00203 e. The fourth-order valence-corrected chi connectivity index (χ4v) is 2.41. The zero-order valence-corrected chi connectivity index (χ0v) is 10.6. The van der Waals surface area contributed by atoms with Crippen molar-refractivity contribution < 1.29 is 0 Å². The van der Waals surface area contributed by atoms with Crippen LogP contribution in [0.1, 0.15) is 53.9 Å². The zero-order valence-electron chi connectivity index (χ0n) is 10.6. The van der Waals surface area contributed by atoms with Crippen LogP contribution in [0.2, 0.25) is 0 Å². The molecule has 1 N–H and O–H groups in total. The summed E-state index contributed by atoms with van der Waals surface area (Å²) in [5.74, 6) is 0.845. The molecule has 84 valence electrons. The van der Waals surface area contributed by atoms with Gasteiger partial charge in [0, 0.05) is 13.1 Å². The first-order chi connectivity index (χ1) is 6.33. The maximum atomic E-state index is 3.44. The second-order valence-electron chi connectivity index (χ2n) is 6.76. The van der Waals surface area contributed by atoms with Gasteiger partial charge in [0.1, 0.15) is 0 Å². The molecule has 1 fully saturated rings. The molecule has 0 unspecified atom stereocenters. The Morgan fingerprint density at radius 3 is 2.07 bits per heavy atom. The Kier molecular flexibility index (Phi) is 3.63. The SMILES string of the molecule is CC(C)CC1(CCC(C)(C)C)CNC1. The lowest BCUT2D eigenvalue weighted by Gasteiger charge is -2.45. The fraction of sp³-hybridized carbons (Fsp3) is 1.00. The van der Waals surface area contributed by atoms with Crippen molar-refractivity contribution >= 4 is 0 Å². The third-order valence-corrected chi connectivity index (χ3v) is 3.25. The third kappa shape index (κ3) is 3.61. The summed E-state index contributed by atoms with van der Waals surface area (Å²) in [6.45, 7) is 14.2. The molecule has 1 aliphatic heterocycles. The summed E-state index contributed by atoms with van der Waals surface area (Å²) < 4.78 is 0. The van der Waals surface area contributed by atoms with Crippen LogP contribution in [0.25, 0.3) is 0 Å². The monoisotopic (exact) mass is 197 g/mol. The van der Waals surface area contributed by atoms with Crippen molar-refractivity contribution in [2.45, 2.75) is 53.9 Å². The van der Waals surface area contributed by atoms with Gasteiger partial charge in [0.15, 0.2) is 0 Å². The predicted molar refractivity (Wildman–Crippen MR) is 63.4 cm³/mol. The van der Waals surface area contributed by atoms with Crippen LogP contribution in [0.4, 0.5) is 0 Å². The van der Waals surface area contributed by atoms with Crippen molar-refractivity contribution in [1.29, 1.82) is 0 Å². The zero-order chi connectivity index (χ0) is 10.8. The van der Waals surface area contributed by atoms with Crippen LogP contribution < -0.4 is 5.32 Å². The van der Waals surface area contributed by atoms with E-state index in [1.54, 1.807) is 0 Å². The maximum absolute atomic E-state index is 3.44. The summed E-state index contributed by atoms with van der Waals surface area (Å²) in [7, 11) is 0. The molecular weight excluding hydrogens is 170 g/mol. The lowest BCUT2D eigenvalue weighted by atomic mass is 9.69. The Labute approximate surface area is 89.7 Å². The average Bonchev–Trinajstić information content (AvgIpc) is 1.92. The van der Waals surface area contributed by atoms with Gasteiger partial charge in [0.05, 0.1) is 0 Å². The highest BCUT2D eigenvalue weighted by Gasteiger charge is 2.37. The standard InChI is InChI=1S/C13H27N/c1-11(2)8-13(9-14-10-13)7-6-12(3,4)5/h11,14H,6-10H2,1-5H3. The van der Waals surface area contributed by atoms with E-state index in [1.165, 1.54) is 32.4 Å². The van der Waals surface area contributed by atoms with Gasteiger partial charge >= 0.3 is 0 Å². The molecule has 1 aliphatic rings. The molecule has 0 saturated carbocycles. The summed E-state index contributed by atoms with van der Waals surface area (Å²) >= 11 is 0. The Hall–Kier alpha value is -0.0400. The molecule has 0 aromatic heterocycles. The van der Waals surface area contributed by atoms with E-state index in [0.29, 0.717) is 10.8 Å². The van der Waals surface area contributed by atoms with E-state index < -0.39 is 0 Å². The van der Waals surface area contributed by atoms with E-state index in [-0.39, 0.29) is 0 Å². The van der Waals surface area contributed by atoms with Gasteiger partial charge in [-0.15, -0.1) is 0 Å². The minimum absolute atomic E-state index is 0.500. The molecule has 1 nitrogen and oxygen atoms in total. The summed E-state index contributed by atoms with van der Waals surface area (Å²) in [4.78, 5) is 0. The largest absolute Gasteiger partial charge is 0.316 e. The van der Waals surface area contributed by atoms with E-state index in [1.807, 2.05) is 0 Å². The van der Waals surface area contributed by atoms with Gasteiger partial charge in [-0.05, 0) is 36.0 Å². The van der Waals surface area contributed by atoms with Crippen LogP contribution in [-0.2, 0) is 0 Å². The van der Waals surface area contributed by atoms with Gasteiger partial charge in [-0.3, -0.25) is 0 Å². The Bertz CT molecular complexity index is 172. The normalized spacial score (nSPS) is 21.0. The van der Waals surface area contributed by atoms with E-state index in [4.69, 9.17) is 0 Å². The molecular formula is C13H27N. The van der Waals surface area contributed by atoms with Crippen LogP contribution in [0.15, 0.2) is 0 Å². The third-order valence-electron chi connectivity index (χ3n) is 3.25. The molecule has 0 aromatic carbocycles. The average molecular weight is 197 g/mol. The van der Waals surface area contributed by atoms with Gasteiger partial charge in [0.2, 0.25) is 0 Å². The van der Waals surface area contributed by atoms with Crippen LogP contribution in [0, 0.1) is 16.7 Å². The van der Waals surface area contributed by atoms with Gasteiger partial charge in [-0.2, -0.15) is 0 Å². The number of hydrogen-bond acceptors (Lipinski definition) is 1. The van der Waals surface area contributed by atoms with Crippen LogP contribution in [0.3, 0.4) is 0 Å². The van der Waals surface area contributed by atoms with Crippen molar-refractivity contribution in [2.24, 2.45) is 16.7 Å². The van der Waals surface area contributed by atoms with Gasteiger partial charge in [-0.1, -0.05) is 34.6 Å². The number of rotatable bonds is 4. The summed E-state index contributed by atoms with van der Waals surface area (Å²) in [5, 5.41) is 3.44. The lowest BCUT2D eigenvalue weighted by Crippen LogP contribution is -2.54. The predicted octanol–water partition coefficient (Wildman–Crippen LogP) is 3.45. The summed E-state index contributed by atoms with van der Waals surface area (Å²) in [6.07, 6.45) is 4.17. The molecule has 0 bridgehead atoms. The number of nitrogens with one attached hydrogen (secondary N) is 1. The van der Waals surface area contributed by atoms with Crippen LogP contribution in [0.5, 0.6) is 0 Å². The molecule has 14 heavy (non-hydrogen) atoms. The first kappa shape index (κ1) is 12.0. The molecule has 1 rings (SSSR count). The summed E-state index contributed by atoms with van der Waals surface area (Å²) in [6, 6.07) is 0. The minimum Gasteiger partial charge on any atom is -0.316 e. The molecule has 0 amide bonds. The lowest BCUT2D eigenvalue weighted by molar-refractivity contribution is 0.0995. The molecule has 0 spiro atoms. The quantitative estimate of drug-likeness (QED) is 0.728. The minimum atomic E-state index is 0.500. The topological polar surface area (TPSA) is 12.0 Å². The molecule has 1 heteroatoms. The Morgan fingerprint density at radius 1 is 1.21 bits per heavy atom. The van der Waals surface area contributed by atoms with Crippen LogP contribution in [-0.4, -0.2) is 13.1 Å². The van der Waals surface area contributed by atoms with Crippen molar-refractivity contribution in [2.75, 3.05) is 13.1 Å². The van der Waals surface area contributed by atoms with Gasteiger partial charge in [0.25, 0.3) is 0 Å². The molecule has 0 radical (unpaired) electrons. The van der Waals surface area contributed by atoms with E-state index in [2.05, 4.69) is 39.9 Å². The van der Waals surface area contributed by atoms with E-state index >= 15 is 0 Å². The molecule has 1 heterocycles. The molecule has 0 aromatic rings. The van der Waals surface area contributed by atoms with E-state index in [9.17, 15) is 0 Å². The second-order valence-corrected chi connectivity index (χ2v) is 6.76. The van der Waals surface area contributed by atoms with Gasteiger partial charge in [-0.25, -0.2) is 0 Å². The van der Waals surface area contributed by atoms with Crippen LogP contribution >= 0.6 is 0 Å². The van der Waals surface area contributed by atoms with Crippen molar-refractivity contribution in [3.05, 3.63) is 0 Å². The fourth-order valence-electron chi connectivity index (χ4n) is 2.41. The summed E-state index contributed by atoms with van der Waals surface area (Å²) in [5.41, 5.74) is 1.14. The molecule has 1 saturated heterocycles. The van der Waals surface area contributed by atoms with Crippen molar-refractivity contribution in [3.63, 3.8) is 0 Å². The van der Waals surface area contributed by atoms with Crippen molar-refractivity contribution in [3.8, 4) is 0 Å². The van der Waals surface area contributed by atoms with Crippen molar-refractivity contribution in [1.82, 2.24) is 5.32 Å². The maximum Gasteiger partial charge on any atom is 0.00203 e. The van der Waals surface area contributed by atoms with E-state index in [0.717, 1.165) is 5.92 Å². The molecule has 0 atom stereocenters. The first-order valence-corrected chi connectivity index (χ1v) is 6.04. The molecule has 0 aliphatic carbocycles. The Morgan fingerprint density at radius 2 is 1.79 bits per heavy atom.